The van der Waals surface area contributed by atoms with E-state index in [1.54, 1.807) is 18.2 Å². The highest BCUT2D eigenvalue weighted by Crippen LogP contribution is 2.35. The van der Waals surface area contributed by atoms with Crippen molar-refractivity contribution in [2.75, 3.05) is 6.61 Å². The van der Waals surface area contributed by atoms with Crippen molar-refractivity contribution in [2.45, 2.75) is 32.1 Å². The van der Waals surface area contributed by atoms with Crippen molar-refractivity contribution in [1.29, 1.82) is 0 Å². The van der Waals surface area contributed by atoms with Crippen molar-refractivity contribution >= 4 is 34.8 Å². The molecule has 3 nitrogen and oxygen atoms in total. The molecule has 1 unspecified atom stereocenters. The van der Waals surface area contributed by atoms with Gasteiger partial charge in [0.05, 0.1) is 10.7 Å². The van der Waals surface area contributed by atoms with Crippen molar-refractivity contribution in [3.8, 4) is 5.75 Å². The number of rotatable bonds is 9. The van der Waals surface area contributed by atoms with Crippen LogP contribution in [-0.2, 0) is 0 Å². The van der Waals surface area contributed by atoms with Crippen LogP contribution in [0.3, 0.4) is 0 Å². The standard InChI is InChI=1S/C21H25Cl3N2O/c1-13-7-10-17(11-19(13)24)27-12-20(21(25)16-8-9-16)26-15(3)18(23)6-4-5-14(2)22/h4-7,10-11,14,16,26H,3,8-9,12,25H2,1-2H3/b5-4-,18-6+,21-20-. The zero-order chi connectivity index (χ0) is 20.0. The maximum Gasteiger partial charge on any atom is 0.130 e. The summed E-state index contributed by atoms with van der Waals surface area (Å²) in [5.41, 5.74) is 9.40. The van der Waals surface area contributed by atoms with Gasteiger partial charge in [0, 0.05) is 27.7 Å². The lowest BCUT2D eigenvalue weighted by Crippen LogP contribution is -2.24. The van der Waals surface area contributed by atoms with Gasteiger partial charge in [-0.25, -0.2) is 0 Å². The molecule has 1 saturated carbocycles. The van der Waals surface area contributed by atoms with Crippen LogP contribution in [0.4, 0.5) is 0 Å². The number of allylic oxidation sites excluding steroid dienone is 5. The molecule has 0 radical (unpaired) electrons. The third kappa shape index (κ3) is 7.17. The maximum absolute atomic E-state index is 6.31. The van der Waals surface area contributed by atoms with E-state index in [2.05, 4.69) is 11.9 Å². The molecule has 0 aliphatic heterocycles. The molecule has 0 spiro atoms. The predicted octanol–water partition coefficient (Wildman–Crippen LogP) is 6.02. The number of alkyl halides is 1. The summed E-state index contributed by atoms with van der Waals surface area (Å²) < 4.78 is 5.88. The summed E-state index contributed by atoms with van der Waals surface area (Å²) in [7, 11) is 0. The molecule has 1 atom stereocenters. The van der Waals surface area contributed by atoms with Gasteiger partial charge in [-0.05, 0) is 50.5 Å². The molecule has 1 aliphatic rings. The second-order valence-corrected chi connectivity index (χ2v) is 8.09. The Morgan fingerprint density at radius 3 is 2.74 bits per heavy atom. The average Bonchev–Trinajstić information content (AvgIpc) is 3.45. The van der Waals surface area contributed by atoms with Gasteiger partial charge >= 0.3 is 0 Å². The Kier molecular flexibility index (Phi) is 8.15. The van der Waals surface area contributed by atoms with Gasteiger partial charge in [-0.2, -0.15) is 0 Å². The second kappa shape index (κ2) is 10.1. The van der Waals surface area contributed by atoms with Crippen molar-refractivity contribution in [3.05, 3.63) is 75.7 Å². The number of aryl methyl sites for hydroxylation is 1. The first kappa shape index (κ1) is 21.7. The van der Waals surface area contributed by atoms with Crippen molar-refractivity contribution in [1.82, 2.24) is 5.32 Å². The maximum atomic E-state index is 6.31. The summed E-state index contributed by atoms with van der Waals surface area (Å²) >= 11 is 18.3. The molecule has 0 bridgehead atoms. The molecular formula is C21H25Cl3N2O. The second-order valence-electron chi connectivity index (χ2n) is 6.59. The molecule has 146 valence electrons. The van der Waals surface area contributed by atoms with E-state index in [0.717, 1.165) is 29.8 Å². The summed E-state index contributed by atoms with van der Waals surface area (Å²) in [6, 6.07) is 5.59. The van der Waals surface area contributed by atoms with Crippen LogP contribution in [0, 0.1) is 12.8 Å². The Hall–Kier alpha value is -1.55. The zero-order valence-corrected chi connectivity index (χ0v) is 17.8. The SMILES string of the molecule is C=C(N/C(COc1ccc(C)c(Cl)c1)=C(\N)C1CC1)/C(Cl)=C\C=C/C(C)Cl. The molecule has 27 heavy (non-hydrogen) atoms. The summed E-state index contributed by atoms with van der Waals surface area (Å²) in [6.45, 7) is 8.09. The molecule has 1 aromatic rings. The Balaban J connectivity index is 2.07. The summed E-state index contributed by atoms with van der Waals surface area (Å²) in [6.07, 6.45) is 7.53. The molecule has 0 saturated heterocycles. The van der Waals surface area contributed by atoms with Gasteiger partial charge in [-0.15, -0.1) is 11.6 Å². The Labute approximate surface area is 176 Å². The van der Waals surface area contributed by atoms with Crippen LogP contribution >= 0.6 is 34.8 Å². The van der Waals surface area contributed by atoms with Gasteiger partial charge < -0.3 is 15.8 Å². The molecule has 2 rings (SSSR count). The van der Waals surface area contributed by atoms with E-state index in [0.29, 0.717) is 27.4 Å². The highest BCUT2D eigenvalue weighted by atomic mass is 35.5. The predicted molar refractivity (Wildman–Crippen MR) is 116 cm³/mol. The molecule has 1 fully saturated rings. The van der Waals surface area contributed by atoms with Crippen molar-refractivity contribution in [3.63, 3.8) is 0 Å². The largest absolute Gasteiger partial charge is 0.487 e. The van der Waals surface area contributed by atoms with Crippen LogP contribution in [-0.4, -0.2) is 12.0 Å². The first-order valence-corrected chi connectivity index (χ1v) is 9.99. The molecule has 1 aliphatic carbocycles. The van der Waals surface area contributed by atoms with Gasteiger partial charge in [0.1, 0.15) is 12.4 Å². The van der Waals surface area contributed by atoms with E-state index in [1.165, 1.54) is 0 Å². The van der Waals surface area contributed by atoms with E-state index in [-0.39, 0.29) is 12.0 Å². The lowest BCUT2D eigenvalue weighted by Gasteiger charge is -2.17. The smallest absolute Gasteiger partial charge is 0.130 e. The summed E-state index contributed by atoms with van der Waals surface area (Å²) in [4.78, 5) is 0. The fourth-order valence-corrected chi connectivity index (χ4v) is 2.66. The number of nitrogens with two attached hydrogens (primary N) is 1. The van der Waals surface area contributed by atoms with Gasteiger partial charge in [-0.1, -0.05) is 48.0 Å². The Morgan fingerprint density at radius 1 is 1.44 bits per heavy atom. The van der Waals surface area contributed by atoms with Gasteiger partial charge in [-0.3, -0.25) is 0 Å². The van der Waals surface area contributed by atoms with Crippen molar-refractivity contribution < 1.29 is 4.74 Å². The van der Waals surface area contributed by atoms with Crippen LogP contribution in [0.1, 0.15) is 25.3 Å². The minimum absolute atomic E-state index is 0.0670. The summed E-state index contributed by atoms with van der Waals surface area (Å²) in [5.74, 6) is 1.06. The van der Waals surface area contributed by atoms with Crippen LogP contribution in [0.25, 0.3) is 0 Å². The third-order valence-corrected chi connectivity index (χ3v) is 5.01. The van der Waals surface area contributed by atoms with Crippen LogP contribution < -0.4 is 15.8 Å². The van der Waals surface area contributed by atoms with Crippen LogP contribution in [0.5, 0.6) is 5.75 Å². The van der Waals surface area contributed by atoms with Gasteiger partial charge in [0.25, 0.3) is 0 Å². The highest BCUT2D eigenvalue weighted by molar-refractivity contribution is 6.32. The fourth-order valence-electron chi connectivity index (χ4n) is 2.29. The number of nitrogens with one attached hydrogen (secondary N) is 1. The average molecular weight is 428 g/mol. The fraction of sp³-hybridized carbons (Fsp3) is 0.333. The molecule has 0 heterocycles. The Bertz CT molecular complexity index is 778. The van der Waals surface area contributed by atoms with Crippen LogP contribution in [0.2, 0.25) is 5.02 Å². The van der Waals surface area contributed by atoms with E-state index in [1.807, 2.05) is 32.1 Å². The van der Waals surface area contributed by atoms with Gasteiger partial charge in [0.15, 0.2) is 0 Å². The van der Waals surface area contributed by atoms with E-state index in [9.17, 15) is 0 Å². The lowest BCUT2D eigenvalue weighted by atomic mass is 10.2. The quantitative estimate of drug-likeness (QED) is 0.374. The number of benzene rings is 1. The molecule has 1 aromatic carbocycles. The minimum atomic E-state index is -0.0670. The number of hydrogen-bond donors (Lipinski definition) is 2. The Morgan fingerprint density at radius 2 is 2.15 bits per heavy atom. The van der Waals surface area contributed by atoms with Gasteiger partial charge in [0.2, 0.25) is 0 Å². The van der Waals surface area contributed by atoms with E-state index in [4.69, 9.17) is 45.3 Å². The molecule has 3 N–H and O–H groups in total. The topological polar surface area (TPSA) is 47.3 Å². The molecule has 6 heteroatoms. The number of halogens is 3. The number of ether oxygens (including phenoxy) is 1. The lowest BCUT2D eigenvalue weighted by molar-refractivity contribution is 0.342. The minimum Gasteiger partial charge on any atom is -0.487 e. The third-order valence-electron chi connectivity index (χ3n) is 4.10. The van der Waals surface area contributed by atoms with E-state index < -0.39 is 0 Å². The number of hydrogen-bond acceptors (Lipinski definition) is 3. The first-order valence-electron chi connectivity index (χ1n) is 8.79. The van der Waals surface area contributed by atoms with Crippen molar-refractivity contribution in [2.24, 2.45) is 11.7 Å². The first-order chi connectivity index (χ1) is 12.8. The van der Waals surface area contributed by atoms with E-state index >= 15 is 0 Å². The zero-order valence-electron chi connectivity index (χ0n) is 15.6. The summed E-state index contributed by atoms with van der Waals surface area (Å²) in [5, 5.41) is 4.28. The molecule has 0 amide bonds. The molecular weight excluding hydrogens is 403 g/mol. The monoisotopic (exact) mass is 426 g/mol. The molecule has 0 aromatic heterocycles. The highest BCUT2D eigenvalue weighted by Gasteiger charge is 2.27. The normalized spacial score (nSPS) is 16.9. The van der Waals surface area contributed by atoms with Crippen LogP contribution in [0.15, 0.2) is 65.1 Å².